The molecule has 6 heteroatoms. The lowest BCUT2D eigenvalue weighted by Gasteiger charge is -2.27. The minimum absolute atomic E-state index is 0. The molecule has 0 spiro atoms. The molecule has 0 radical (unpaired) electrons. The van der Waals surface area contributed by atoms with Crippen LogP contribution in [0.5, 0.6) is 0 Å². The van der Waals surface area contributed by atoms with Crippen molar-refractivity contribution in [3.63, 3.8) is 0 Å². The zero-order valence-corrected chi connectivity index (χ0v) is 17.9. The summed E-state index contributed by atoms with van der Waals surface area (Å²) in [4.78, 5) is 8.84. The van der Waals surface area contributed by atoms with Gasteiger partial charge in [-0.05, 0) is 36.8 Å². The van der Waals surface area contributed by atoms with Gasteiger partial charge in [0.2, 0.25) is 5.89 Å². The molecule has 142 valence electrons. The quantitative estimate of drug-likeness (QED) is 0.387. The van der Waals surface area contributed by atoms with Gasteiger partial charge in [-0.3, -0.25) is 4.99 Å². The van der Waals surface area contributed by atoms with E-state index in [-0.39, 0.29) is 24.0 Å². The van der Waals surface area contributed by atoms with Gasteiger partial charge in [0.25, 0.3) is 0 Å². The summed E-state index contributed by atoms with van der Waals surface area (Å²) in [6.45, 7) is 3.93. The van der Waals surface area contributed by atoms with E-state index in [1.54, 1.807) is 13.3 Å². The van der Waals surface area contributed by atoms with E-state index in [0.29, 0.717) is 12.4 Å². The third kappa shape index (κ3) is 6.00. The number of aliphatic imine (C=N–C) groups is 1. The van der Waals surface area contributed by atoms with E-state index in [4.69, 9.17) is 4.42 Å². The first kappa shape index (κ1) is 20.7. The van der Waals surface area contributed by atoms with Crippen molar-refractivity contribution in [3.8, 4) is 11.5 Å². The van der Waals surface area contributed by atoms with Crippen LogP contribution in [0.3, 0.4) is 0 Å². The standard InChI is InChI=1S/C20H28N4O.HI/c1-15-7-6-8-16(11-15)12-22-20(21-2)23-13-18-14-25-19(24-18)17-9-4-3-5-10-17;/h3-5,9-10,14-16H,6-8,11-13H2,1-2H3,(H2,21,22,23);1H. The summed E-state index contributed by atoms with van der Waals surface area (Å²) >= 11 is 0. The van der Waals surface area contributed by atoms with Crippen LogP contribution in [0.4, 0.5) is 0 Å². The van der Waals surface area contributed by atoms with Crippen LogP contribution >= 0.6 is 24.0 Å². The number of hydrogen-bond acceptors (Lipinski definition) is 3. The highest BCUT2D eigenvalue weighted by Crippen LogP contribution is 2.27. The molecule has 1 heterocycles. The van der Waals surface area contributed by atoms with Crippen molar-refractivity contribution >= 4 is 29.9 Å². The number of benzene rings is 1. The summed E-state index contributed by atoms with van der Waals surface area (Å²) in [5.41, 5.74) is 1.86. The van der Waals surface area contributed by atoms with Crippen molar-refractivity contribution in [3.05, 3.63) is 42.3 Å². The number of aromatic nitrogens is 1. The highest BCUT2D eigenvalue weighted by Gasteiger charge is 2.18. The van der Waals surface area contributed by atoms with Gasteiger partial charge in [0.1, 0.15) is 6.26 Å². The van der Waals surface area contributed by atoms with Gasteiger partial charge >= 0.3 is 0 Å². The van der Waals surface area contributed by atoms with Crippen molar-refractivity contribution in [1.29, 1.82) is 0 Å². The molecule has 1 aliphatic carbocycles. The van der Waals surface area contributed by atoms with Crippen LogP contribution in [0.2, 0.25) is 0 Å². The van der Waals surface area contributed by atoms with E-state index in [1.807, 2.05) is 30.3 Å². The van der Waals surface area contributed by atoms with Gasteiger partial charge < -0.3 is 15.1 Å². The van der Waals surface area contributed by atoms with Crippen molar-refractivity contribution in [2.75, 3.05) is 13.6 Å². The third-order valence-corrected chi connectivity index (χ3v) is 4.84. The summed E-state index contributed by atoms with van der Waals surface area (Å²) in [5.74, 6) is 3.07. The molecule has 2 aromatic rings. The fourth-order valence-corrected chi connectivity index (χ4v) is 3.48. The lowest BCUT2D eigenvalue weighted by molar-refractivity contribution is 0.282. The van der Waals surface area contributed by atoms with Crippen LogP contribution in [0.15, 0.2) is 46.0 Å². The molecule has 2 atom stereocenters. The summed E-state index contributed by atoms with van der Waals surface area (Å²) in [6, 6.07) is 9.94. The maximum Gasteiger partial charge on any atom is 0.226 e. The maximum absolute atomic E-state index is 5.57. The first-order chi connectivity index (χ1) is 12.2. The van der Waals surface area contributed by atoms with E-state index in [1.165, 1.54) is 25.7 Å². The first-order valence-corrected chi connectivity index (χ1v) is 9.19. The van der Waals surface area contributed by atoms with E-state index in [0.717, 1.165) is 35.6 Å². The lowest BCUT2D eigenvalue weighted by atomic mass is 9.82. The van der Waals surface area contributed by atoms with Crippen molar-refractivity contribution in [2.24, 2.45) is 16.8 Å². The lowest BCUT2D eigenvalue weighted by Crippen LogP contribution is -2.40. The number of nitrogens with one attached hydrogen (secondary N) is 2. The number of nitrogens with zero attached hydrogens (tertiary/aromatic N) is 2. The Labute approximate surface area is 173 Å². The minimum Gasteiger partial charge on any atom is -0.444 e. The normalized spacial score (nSPS) is 20.3. The van der Waals surface area contributed by atoms with E-state index in [2.05, 4.69) is 27.5 Å². The smallest absolute Gasteiger partial charge is 0.226 e. The van der Waals surface area contributed by atoms with E-state index < -0.39 is 0 Å². The Morgan fingerprint density at radius 2 is 2.04 bits per heavy atom. The largest absolute Gasteiger partial charge is 0.444 e. The molecule has 2 unspecified atom stereocenters. The van der Waals surface area contributed by atoms with E-state index >= 15 is 0 Å². The van der Waals surface area contributed by atoms with Crippen LogP contribution in [0.1, 0.15) is 38.3 Å². The SMILES string of the molecule is CN=C(NCc1coc(-c2ccccc2)n1)NCC1CCCC(C)C1.I. The van der Waals surface area contributed by atoms with E-state index in [9.17, 15) is 0 Å². The fourth-order valence-electron chi connectivity index (χ4n) is 3.48. The monoisotopic (exact) mass is 468 g/mol. The van der Waals surface area contributed by atoms with Crippen LogP contribution in [-0.2, 0) is 6.54 Å². The molecule has 1 aliphatic rings. The molecule has 0 aliphatic heterocycles. The number of halogens is 1. The molecule has 0 saturated heterocycles. The molecule has 26 heavy (non-hydrogen) atoms. The molecular weight excluding hydrogens is 439 g/mol. The summed E-state index contributed by atoms with van der Waals surface area (Å²) < 4.78 is 5.57. The molecule has 3 rings (SSSR count). The van der Waals surface area contributed by atoms with Gasteiger partial charge in [0.05, 0.1) is 12.2 Å². The number of oxazole rings is 1. The zero-order valence-electron chi connectivity index (χ0n) is 15.6. The van der Waals surface area contributed by atoms with Gasteiger partial charge in [-0.25, -0.2) is 4.98 Å². The second-order valence-electron chi connectivity index (χ2n) is 6.95. The zero-order chi connectivity index (χ0) is 17.5. The van der Waals surface area contributed by atoms with Gasteiger partial charge in [-0.15, -0.1) is 24.0 Å². The van der Waals surface area contributed by atoms with Gasteiger partial charge in [-0.2, -0.15) is 0 Å². The van der Waals surface area contributed by atoms with Crippen LogP contribution in [-0.4, -0.2) is 24.5 Å². The average molecular weight is 468 g/mol. The Bertz CT molecular complexity index is 686. The average Bonchev–Trinajstić information content (AvgIpc) is 3.12. The fraction of sp³-hybridized carbons (Fsp3) is 0.500. The Kier molecular flexibility index (Phi) is 8.41. The van der Waals surface area contributed by atoms with Crippen molar-refractivity contribution in [1.82, 2.24) is 15.6 Å². The molecule has 1 fully saturated rings. The molecule has 2 N–H and O–H groups in total. The molecule has 5 nitrogen and oxygen atoms in total. The van der Waals surface area contributed by atoms with Gasteiger partial charge in [-0.1, -0.05) is 38.0 Å². The third-order valence-electron chi connectivity index (χ3n) is 4.84. The van der Waals surface area contributed by atoms with Crippen molar-refractivity contribution in [2.45, 2.75) is 39.2 Å². The predicted octanol–water partition coefficient (Wildman–Crippen LogP) is 4.45. The highest BCUT2D eigenvalue weighted by atomic mass is 127. The predicted molar refractivity (Wildman–Crippen MR) is 117 cm³/mol. The number of rotatable bonds is 5. The van der Waals surface area contributed by atoms with Crippen LogP contribution in [0, 0.1) is 11.8 Å². The molecule has 0 amide bonds. The summed E-state index contributed by atoms with van der Waals surface area (Å²) in [7, 11) is 1.80. The summed E-state index contributed by atoms with van der Waals surface area (Å²) in [5, 5.41) is 6.77. The second kappa shape index (κ2) is 10.5. The topological polar surface area (TPSA) is 62.5 Å². The van der Waals surface area contributed by atoms with Gasteiger partial charge in [0, 0.05) is 19.2 Å². The molecule has 1 saturated carbocycles. The first-order valence-electron chi connectivity index (χ1n) is 9.19. The van der Waals surface area contributed by atoms with Crippen LogP contribution < -0.4 is 10.6 Å². The van der Waals surface area contributed by atoms with Crippen molar-refractivity contribution < 1.29 is 4.42 Å². The Hall–Kier alpha value is -1.57. The Morgan fingerprint density at radius 1 is 1.23 bits per heavy atom. The summed E-state index contributed by atoms with van der Waals surface area (Å²) in [6.07, 6.45) is 7.05. The number of guanidine groups is 1. The molecule has 1 aromatic heterocycles. The number of hydrogen-bond donors (Lipinski definition) is 2. The van der Waals surface area contributed by atoms with Crippen LogP contribution in [0.25, 0.3) is 11.5 Å². The Balaban J connectivity index is 0.00000243. The second-order valence-corrected chi connectivity index (χ2v) is 6.95. The molecule has 0 bridgehead atoms. The maximum atomic E-state index is 5.57. The molecular formula is C20H29IN4O. The minimum atomic E-state index is 0. The Morgan fingerprint density at radius 3 is 2.77 bits per heavy atom. The highest BCUT2D eigenvalue weighted by molar-refractivity contribution is 14.0. The van der Waals surface area contributed by atoms with Gasteiger partial charge in [0.15, 0.2) is 5.96 Å². The molecule has 1 aromatic carbocycles.